The molecule has 1 aromatic heterocycles. The average molecular weight is 367 g/mol. The topological polar surface area (TPSA) is 67.3 Å². The van der Waals surface area contributed by atoms with Gasteiger partial charge in [0.15, 0.2) is 9.84 Å². The number of rotatable bonds is 7. The summed E-state index contributed by atoms with van der Waals surface area (Å²) in [6, 6.07) is 21.0. The molecule has 0 unspecified atom stereocenters. The minimum Gasteiger partial charge on any atom is -0.395 e. The zero-order chi connectivity index (χ0) is 18.4. The van der Waals surface area contributed by atoms with Crippen molar-refractivity contribution in [2.24, 2.45) is 0 Å². The first-order valence-corrected chi connectivity index (χ1v) is 10.2. The third-order valence-corrected chi connectivity index (χ3v) is 5.94. The minimum atomic E-state index is -3.41. The van der Waals surface area contributed by atoms with Crippen LogP contribution < -0.4 is 0 Å². The van der Waals surface area contributed by atoms with Crippen LogP contribution in [0.1, 0.15) is 11.3 Å². The van der Waals surface area contributed by atoms with Crippen LogP contribution in [0, 0.1) is 0 Å². The molecule has 0 aliphatic carbocycles. The number of aliphatic hydroxyl groups is 1. The summed E-state index contributed by atoms with van der Waals surface area (Å²) < 4.78 is 24.0. The highest BCUT2D eigenvalue weighted by Crippen LogP contribution is 2.23. The summed E-state index contributed by atoms with van der Waals surface area (Å²) in [5.74, 6) is -0.255. The van der Waals surface area contributed by atoms with Gasteiger partial charge in [-0.15, -0.1) is 0 Å². The van der Waals surface area contributed by atoms with Gasteiger partial charge in [0.25, 0.3) is 0 Å². The van der Waals surface area contributed by atoms with Crippen molar-refractivity contribution in [2.75, 3.05) is 12.4 Å². The second kappa shape index (κ2) is 8.25. The van der Waals surface area contributed by atoms with E-state index in [0.29, 0.717) is 0 Å². The second-order valence-electron chi connectivity index (χ2n) is 6.09. The molecule has 2 aromatic carbocycles. The Labute approximate surface area is 154 Å². The van der Waals surface area contributed by atoms with Crippen molar-refractivity contribution >= 4 is 9.84 Å². The number of hydrogen-bond donors (Lipinski definition) is 1. The van der Waals surface area contributed by atoms with Crippen molar-refractivity contribution in [3.05, 3.63) is 84.2 Å². The predicted octanol–water partition coefficient (Wildman–Crippen LogP) is 3.30. The lowest BCUT2D eigenvalue weighted by Crippen LogP contribution is -2.09. The molecule has 0 atom stereocenters. The molecule has 0 fully saturated rings. The molecule has 0 aliphatic heterocycles. The number of aryl methyl sites for hydroxylation is 2. The number of nitrogens with zero attached hydrogens (tertiary/aromatic N) is 1. The van der Waals surface area contributed by atoms with Gasteiger partial charge in [0.05, 0.1) is 17.3 Å². The molecule has 1 N–H and O–H groups in total. The number of sulfone groups is 1. The molecule has 4 nitrogen and oxygen atoms in total. The molecule has 0 saturated heterocycles. The van der Waals surface area contributed by atoms with Crippen LogP contribution in [0.5, 0.6) is 0 Å². The Morgan fingerprint density at radius 1 is 0.846 bits per heavy atom. The molecule has 0 bridgehead atoms. The Balaban J connectivity index is 1.75. The summed E-state index contributed by atoms with van der Waals surface area (Å²) in [7, 11) is -3.41. The SMILES string of the molecule is O=S(=O)(CCO)c1ccc(-c2cccc(CCc3ccccn3)c2)cc1. The average Bonchev–Trinajstić information content (AvgIpc) is 2.67. The first-order chi connectivity index (χ1) is 12.6. The fourth-order valence-corrected chi connectivity index (χ4v) is 3.84. The third kappa shape index (κ3) is 4.56. The number of aliphatic hydroxyl groups excluding tert-OH is 1. The lowest BCUT2D eigenvalue weighted by molar-refractivity contribution is 0.319. The van der Waals surface area contributed by atoms with Crippen LogP contribution in [-0.4, -0.2) is 30.9 Å². The van der Waals surface area contributed by atoms with E-state index < -0.39 is 9.84 Å². The van der Waals surface area contributed by atoms with Gasteiger partial charge in [0.2, 0.25) is 0 Å². The van der Waals surface area contributed by atoms with E-state index in [1.165, 1.54) is 5.56 Å². The van der Waals surface area contributed by atoms with Crippen LogP contribution in [-0.2, 0) is 22.7 Å². The van der Waals surface area contributed by atoms with Gasteiger partial charge in [-0.2, -0.15) is 0 Å². The van der Waals surface area contributed by atoms with Crippen LogP contribution in [0.3, 0.4) is 0 Å². The van der Waals surface area contributed by atoms with E-state index in [1.807, 2.05) is 42.5 Å². The highest BCUT2D eigenvalue weighted by Gasteiger charge is 2.13. The normalized spacial score (nSPS) is 11.4. The Morgan fingerprint density at radius 3 is 2.35 bits per heavy atom. The standard InChI is InChI=1S/C21H21NO3S/c23-14-15-26(24,25)21-11-8-18(9-12-21)19-5-3-4-17(16-19)7-10-20-6-1-2-13-22-20/h1-6,8-9,11-13,16,23H,7,10,14-15H2. The van der Waals surface area contributed by atoms with E-state index in [0.717, 1.165) is 29.7 Å². The van der Waals surface area contributed by atoms with Gasteiger partial charge in [-0.3, -0.25) is 4.98 Å². The lowest BCUT2D eigenvalue weighted by atomic mass is 10.0. The van der Waals surface area contributed by atoms with Crippen molar-refractivity contribution in [3.63, 3.8) is 0 Å². The van der Waals surface area contributed by atoms with Crippen LogP contribution in [0.2, 0.25) is 0 Å². The molecule has 0 radical (unpaired) electrons. The van der Waals surface area contributed by atoms with Gasteiger partial charge in [0, 0.05) is 11.9 Å². The Morgan fingerprint density at radius 2 is 1.65 bits per heavy atom. The molecule has 5 heteroatoms. The fourth-order valence-electron chi connectivity index (χ4n) is 2.82. The van der Waals surface area contributed by atoms with Crippen molar-refractivity contribution in [1.82, 2.24) is 4.98 Å². The molecule has 3 aromatic rings. The van der Waals surface area contributed by atoms with Gasteiger partial charge in [-0.1, -0.05) is 42.5 Å². The maximum atomic E-state index is 12.0. The lowest BCUT2D eigenvalue weighted by Gasteiger charge is -2.07. The number of aromatic nitrogens is 1. The largest absolute Gasteiger partial charge is 0.395 e. The molecular formula is C21H21NO3S. The molecule has 0 amide bonds. The maximum Gasteiger partial charge on any atom is 0.180 e. The van der Waals surface area contributed by atoms with E-state index in [9.17, 15) is 8.42 Å². The van der Waals surface area contributed by atoms with E-state index in [4.69, 9.17) is 5.11 Å². The summed E-state index contributed by atoms with van der Waals surface area (Å²) in [5, 5.41) is 8.88. The molecule has 0 saturated carbocycles. The van der Waals surface area contributed by atoms with Gasteiger partial charge in [-0.25, -0.2) is 8.42 Å². The summed E-state index contributed by atoms with van der Waals surface area (Å²) >= 11 is 0. The first-order valence-electron chi connectivity index (χ1n) is 8.51. The second-order valence-corrected chi connectivity index (χ2v) is 8.20. The molecule has 1 heterocycles. The molecule has 3 rings (SSSR count). The Bertz CT molecular complexity index is 952. The van der Waals surface area contributed by atoms with Crippen molar-refractivity contribution in [1.29, 1.82) is 0 Å². The number of benzene rings is 2. The van der Waals surface area contributed by atoms with Gasteiger partial charge in [0.1, 0.15) is 0 Å². The van der Waals surface area contributed by atoms with Crippen molar-refractivity contribution < 1.29 is 13.5 Å². The first kappa shape index (κ1) is 18.3. The molecule has 0 spiro atoms. The summed E-state index contributed by atoms with van der Waals surface area (Å²) in [6.07, 6.45) is 3.58. The van der Waals surface area contributed by atoms with Crippen molar-refractivity contribution in [3.8, 4) is 11.1 Å². The monoisotopic (exact) mass is 367 g/mol. The number of hydrogen-bond acceptors (Lipinski definition) is 4. The summed E-state index contributed by atoms with van der Waals surface area (Å²) in [6.45, 7) is -0.373. The smallest absolute Gasteiger partial charge is 0.180 e. The van der Waals surface area contributed by atoms with E-state index in [-0.39, 0.29) is 17.3 Å². The highest BCUT2D eigenvalue weighted by atomic mass is 32.2. The Kier molecular flexibility index (Phi) is 5.81. The molecule has 26 heavy (non-hydrogen) atoms. The highest BCUT2D eigenvalue weighted by molar-refractivity contribution is 7.91. The quantitative estimate of drug-likeness (QED) is 0.696. The molecule has 134 valence electrons. The van der Waals surface area contributed by atoms with E-state index >= 15 is 0 Å². The van der Waals surface area contributed by atoms with Gasteiger partial charge >= 0.3 is 0 Å². The summed E-state index contributed by atoms with van der Waals surface area (Å²) in [5.41, 5.74) is 4.30. The van der Waals surface area contributed by atoms with Gasteiger partial charge in [-0.05, 0) is 53.8 Å². The third-order valence-electron chi connectivity index (χ3n) is 4.23. The van der Waals surface area contributed by atoms with Crippen molar-refractivity contribution in [2.45, 2.75) is 17.7 Å². The fraction of sp³-hybridized carbons (Fsp3) is 0.190. The predicted molar refractivity (Wildman–Crippen MR) is 103 cm³/mol. The van der Waals surface area contributed by atoms with Crippen LogP contribution in [0.25, 0.3) is 11.1 Å². The summed E-state index contributed by atoms with van der Waals surface area (Å²) in [4.78, 5) is 4.59. The maximum absolute atomic E-state index is 12.0. The van der Waals surface area contributed by atoms with E-state index in [2.05, 4.69) is 17.1 Å². The van der Waals surface area contributed by atoms with Crippen LogP contribution in [0.4, 0.5) is 0 Å². The van der Waals surface area contributed by atoms with Crippen LogP contribution in [0.15, 0.2) is 77.8 Å². The zero-order valence-electron chi connectivity index (χ0n) is 14.4. The zero-order valence-corrected chi connectivity index (χ0v) is 15.2. The van der Waals surface area contributed by atoms with Crippen LogP contribution >= 0.6 is 0 Å². The minimum absolute atomic E-state index is 0.238. The number of pyridine rings is 1. The molecule has 0 aliphatic rings. The van der Waals surface area contributed by atoms with Gasteiger partial charge < -0.3 is 5.11 Å². The van der Waals surface area contributed by atoms with E-state index in [1.54, 1.807) is 18.3 Å². The Hall–Kier alpha value is -2.50. The molecular weight excluding hydrogens is 346 g/mol.